The van der Waals surface area contributed by atoms with Gasteiger partial charge in [-0.25, -0.2) is 4.39 Å². The molecule has 0 unspecified atom stereocenters. The Balaban J connectivity index is 1.89. The number of hydrogen-bond donors (Lipinski definition) is 1. The Morgan fingerprint density at radius 2 is 1.91 bits per heavy atom. The fraction of sp³-hybridized carbons (Fsp3) is 0.667. The zero-order valence-corrected chi connectivity index (χ0v) is 13.5. The third-order valence-electron chi connectivity index (χ3n) is 5.17. The van der Waals surface area contributed by atoms with Gasteiger partial charge in [0.2, 0.25) is 0 Å². The molecule has 0 radical (unpaired) electrons. The van der Waals surface area contributed by atoms with Crippen molar-refractivity contribution in [3.05, 3.63) is 29.6 Å². The summed E-state index contributed by atoms with van der Waals surface area (Å²) in [6.07, 6.45) is 6.34. The Morgan fingerprint density at radius 1 is 1.18 bits per heavy atom. The van der Waals surface area contributed by atoms with E-state index in [1.54, 1.807) is 7.11 Å². The first kappa shape index (κ1) is 15.8. The van der Waals surface area contributed by atoms with Crippen LogP contribution in [0.1, 0.15) is 43.7 Å². The molecule has 1 aromatic carbocycles. The van der Waals surface area contributed by atoms with E-state index in [1.807, 2.05) is 12.1 Å². The summed E-state index contributed by atoms with van der Waals surface area (Å²) in [4.78, 5) is 2.48. The summed E-state index contributed by atoms with van der Waals surface area (Å²) in [5.74, 6) is 1.06. The Kier molecular flexibility index (Phi) is 5.32. The lowest BCUT2D eigenvalue weighted by Gasteiger charge is -2.41. The summed E-state index contributed by atoms with van der Waals surface area (Å²) in [5.41, 5.74) is 0.856. The molecule has 3 nitrogen and oxygen atoms in total. The van der Waals surface area contributed by atoms with E-state index >= 15 is 0 Å². The SMILES string of the molecule is COc1ccc([C@H](C2CCCCC2)N2CCNCC2)c(F)c1. The second-order valence-electron chi connectivity index (χ2n) is 6.52. The number of rotatable bonds is 4. The van der Waals surface area contributed by atoms with Gasteiger partial charge in [0.15, 0.2) is 0 Å². The molecule has 0 bridgehead atoms. The summed E-state index contributed by atoms with van der Waals surface area (Å²) in [5, 5.41) is 3.40. The lowest BCUT2D eigenvalue weighted by molar-refractivity contribution is 0.100. The van der Waals surface area contributed by atoms with Crippen LogP contribution in [0.4, 0.5) is 4.39 Å². The van der Waals surface area contributed by atoms with Gasteiger partial charge in [-0.05, 0) is 24.8 Å². The Bertz CT molecular complexity index is 464. The van der Waals surface area contributed by atoms with Gasteiger partial charge in [0.25, 0.3) is 0 Å². The molecule has 0 aromatic heterocycles. The highest BCUT2D eigenvalue weighted by Crippen LogP contribution is 2.40. The Morgan fingerprint density at radius 3 is 2.55 bits per heavy atom. The molecule has 1 atom stereocenters. The molecular formula is C18H27FN2O. The topological polar surface area (TPSA) is 24.5 Å². The van der Waals surface area contributed by atoms with E-state index < -0.39 is 0 Å². The first-order valence-electron chi connectivity index (χ1n) is 8.58. The number of nitrogens with zero attached hydrogens (tertiary/aromatic N) is 1. The van der Waals surface area contributed by atoms with Gasteiger partial charge in [0.1, 0.15) is 11.6 Å². The first-order valence-corrected chi connectivity index (χ1v) is 8.58. The molecular weight excluding hydrogens is 279 g/mol. The zero-order valence-electron chi connectivity index (χ0n) is 13.5. The highest BCUT2D eigenvalue weighted by Gasteiger charge is 2.32. The Hall–Kier alpha value is -1.13. The van der Waals surface area contributed by atoms with Gasteiger partial charge in [-0.1, -0.05) is 25.3 Å². The third-order valence-corrected chi connectivity index (χ3v) is 5.17. The largest absolute Gasteiger partial charge is 0.497 e. The van der Waals surface area contributed by atoms with Crippen LogP contribution in [0.25, 0.3) is 0 Å². The minimum absolute atomic E-state index is 0.117. The minimum atomic E-state index is -0.117. The number of nitrogens with one attached hydrogen (secondary N) is 1. The molecule has 2 fully saturated rings. The summed E-state index contributed by atoms with van der Waals surface area (Å²) >= 11 is 0. The molecule has 1 aromatic rings. The molecule has 1 saturated carbocycles. The molecule has 3 rings (SSSR count). The average Bonchev–Trinajstić information content (AvgIpc) is 2.58. The zero-order chi connectivity index (χ0) is 15.4. The Labute approximate surface area is 132 Å². The number of piperazine rings is 1. The normalized spacial score (nSPS) is 22.5. The smallest absolute Gasteiger partial charge is 0.131 e. The number of halogens is 1. The van der Waals surface area contributed by atoms with Crippen molar-refractivity contribution in [3.8, 4) is 5.75 Å². The predicted octanol–water partition coefficient (Wildman–Crippen LogP) is 3.36. The molecule has 1 aliphatic heterocycles. The van der Waals surface area contributed by atoms with Crippen LogP contribution >= 0.6 is 0 Å². The van der Waals surface area contributed by atoms with Gasteiger partial charge in [-0.3, -0.25) is 4.90 Å². The van der Waals surface area contributed by atoms with E-state index in [0.717, 1.165) is 31.7 Å². The number of hydrogen-bond acceptors (Lipinski definition) is 3. The lowest BCUT2D eigenvalue weighted by atomic mass is 9.80. The molecule has 2 aliphatic rings. The first-order chi connectivity index (χ1) is 10.8. The van der Waals surface area contributed by atoms with Crippen LogP contribution in [-0.4, -0.2) is 38.2 Å². The quantitative estimate of drug-likeness (QED) is 0.923. The number of ether oxygens (including phenoxy) is 1. The van der Waals surface area contributed by atoms with E-state index in [0.29, 0.717) is 11.7 Å². The van der Waals surface area contributed by atoms with E-state index in [4.69, 9.17) is 4.74 Å². The molecule has 1 heterocycles. The molecule has 1 N–H and O–H groups in total. The van der Waals surface area contributed by atoms with Crippen LogP contribution < -0.4 is 10.1 Å². The lowest BCUT2D eigenvalue weighted by Crippen LogP contribution is -2.47. The van der Waals surface area contributed by atoms with Crippen LogP contribution in [0.5, 0.6) is 5.75 Å². The highest BCUT2D eigenvalue weighted by molar-refractivity contribution is 5.31. The van der Waals surface area contributed by atoms with Crippen molar-refractivity contribution in [2.24, 2.45) is 5.92 Å². The maximum Gasteiger partial charge on any atom is 0.131 e. The van der Waals surface area contributed by atoms with Crippen molar-refractivity contribution < 1.29 is 9.13 Å². The van der Waals surface area contributed by atoms with E-state index in [9.17, 15) is 4.39 Å². The van der Waals surface area contributed by atoms with Crippen molar-refractivity contribution in [2.75, 3.05) is 33.3 Å². The second-order valence-corrected chi connectivity index (χ2v) is 6.52. The predicted molar refractivity (Wildman–Crippen MR) is 86.7 cm³/mol. The van der Waals surface area contributed by atoms with Gasteiger partial charge < -0.3 is 10.1 Å². The standard InChI is InChI=1S/C18H27FN2O/c1-22-15-7-8-16(17(19)13-15)18(14-5-3-2-4-6-14)21-11-9-20-10-12-21/h7-8,13-14,18,20H,2-6,9-12H2,1H3/t18-/m0/s1. The number of methoxy groups -OCH3 is 1. The van der Waals surface area contributed by atoms with E-state index in [-0.39, 0.29) is 11.9 Å². The summed E-state index contributed by atoms with van der Waals surface area (Å²) < 4.78 is 19.8. The average molecular weight is 306 g/mol. The fourth-order valence-corrected chi connectivity index (χ4v) is 4.03. The van der Waals surface area contributed by atoms with Crippen LogP contribution in [0.3, 0.4) is 0 Å². The van der Waals surface area contributed by atoms with Gasteiger partial charge in [0, 0.05) is 43.9 Å². The summed E-state index contributed by atoms with van der Waals surface area (Å²) in [6.45, 7) is 4.02. The van der Waals surface area contributed by atoms with Crippen LogP contribution in [-0.2, 0) is 0 Å². The summed E-state index contributed by atoms with van der Waals surface area (Å²) in [6, 6.07) is 5.59. The highest BCUT2D eigenvalue weighted by atomic mass is 19.1. The third kappa shape index (κ3) is 3.44. The van der Waals surface area contributed by atoms with Gasteiger partial charge in [-0.2, -0.15) is 0 Å². The molecule has 1 aliphatic carbocycles. The van der Waals surface area contributed by atoms with Gasteiger partial charge >= 0.3 is 0 Å². The molecule has 0 amide bonds. The monoisotopic (exact) mass is 306 g/mol. The van der Waals surface area contributed by atoms with Crippen LogP contribution in [0.15, 0.2) is 18.2 Å². The maximum atomic E-state index is 14.7. The van der Waals surface area contributed by atoms with Crippen molar-refractivity contribution in [3.63, 3.8) is 0 Å². The molecule has 22 heavy (non-hydrogen) atoms. The molecule has 0 spiro atoms. The van der Waals surface area contributed by atoms with Crippen molar-refractivity contribution >= 4 is 0 Å². The van der Waals surface area contributed by atoms with Crippen molar-refractivity contribution in [1.82, 2.24) is 10.2 Å². The molecule has 1 saturated heterocycles. The second kappa shape index (κ2) is 7.42. The fourth-order valence-electron chi connectivity index (χ4n) is 4.03. The minimum Gasteiger partial charge on any atom is -0.497 e. The van der Waals surface area contributed by atoms with Gasteiger partial charge in [0.05, 0.1) is 7.11 Å². The van der Waals surface area contributed by atoms with E-state index in [2.05, 4.69) is 10.2 Å². The maximum absolute atomic E-state index is 14.7. The van der Waals surface area contributed by atoms with Crippen LogP contribution in [0.2, 0.25) is 0 Å². The number of benzene rings is 1. The molecule has 122 valence electrons. The van der Waals surface area contributed by atoms with Gasteiger partial charge in [-0.15, -0.1) is 0 Å². The molecule has 4 heteroatoms. The van der Waals surface area contributed by atoms with Crippen LogP contribution in [0, 0.1) is 11.7 Å². The summed E-state index contributed by atoms with van der Waals surface area (Å²) in [7, 11) is 1.59. The van der Waals surface area contributed by atoms with E-state index in [1.165, 1.54) is 38.2 Å². The van der Waals surface area contributed by atoms with Crippen molar-refractivity contribution in [2.45, 2.75) is 38.1 Å². The van der Waals surface area contributed by atoms with Crippen molar-refractivity contribution in [1.29, 1.82) is 0 Å².